The van der Waals surface area contributed by atoms with Crippen LogP contribution in [0, 0.1) is 0 Å². The molecule has 0 amide bonds. The van der Waals surface area contributed by atoms with E-state index in [1.807, 2.05) is 0 Å². The molecule has 5 heteroatoms. The second-order valence-corrected chi connectivity index (χ2v) is 2.89. The van der Waals surface area contributed by atoms with E-state index in [0.29, 0.717) is 11.4 Å². The van der Waals surface area contributed by atoms with Crippen LogP contribution in [0.2, 0.25) is 0 Å². The van der Waals surface area contributed by atoms with Gasteiger partial charge in [-0.25, -0.2) is 9.67 Å². The summed E-state index contributed by atoms with van der Waals surface area (Å²) >= 11 is 0. The Labute approximate surface area is 86.3 Å². The minimum Gasteiger partial charge on any atom is -0.481 e. The third-order valence-electron chi connectivity index (χ3n) is 1.93. The van der Waals surface area contributed by atoms with E-state index in [4.69, 9.17) is 4.74 Å². The molecule has 0 atom stereocenters. The van der Waals surface area contributed by atoms with Crippen molar-refractivity contribution in [3.8, 4) is 11.6 Å². The molecule has 0 spiro atoms. The van der Waals surface area contributed by atoms with E-state index in [0.717, 1.165) is 12.0 Å². The molecule has 0 aliphatic carbocycles. The lowest BCUT2D eigenvalue weighted by atomic mass is 10.4. The lowest BCUT2D eigenvalue weighted by Gasteiger charge is -2.02. The van der Waals surface area contributed by atoms with Gasteiger partial charge in [-0.2, -0.15) is 5.10 Å². The third-order valence-corrected chi connectivity index (χ3v) is 1.93. The summed E-state index contributed by atoms with van der Waals surface area (Å²) in [5, 5.41) is 4.03. The smallest absolute Gasteiger partial charge is 0.215 e. The Kier molecular flexibility index (Phi) is 2.45. The number of aromatic nitrogens is 3. The summed E-state index contributed by atoms with van der Waals surface area (Å²) < 4.78 is 6.58. The fraction of sp³-hybridized carbons (Fsp3) is 0.100. The van der Waals surface area contributed by atoms with Crippen LogP contribution in [-0.4, -0.2) is 28.2 Å². The molecule has 2 aromatic rings. The highest BCUT2D eigenvalue weighted by molar-refractivity contribution is 5.73. The Morgan fingerprint density at radius 3 is 3.07 bits per heavy atom. The van der Waals surface area contributed by atoms with Gasteiger partial charge in [-0.15, -0.1) is 0 Å². The van der Waals surface area contributed by atoms with E-state index in [1.165, 1.54) is 6.20 Å². The zero-order valence-corrected chi connectivity index (χ0v) is 8.12. The second-order valence-electron chi connectivity index (χ2n) is 2.89. The van der Waals surface area contributed by atoms with Gasteiger partial charge >= 0.3 is 0 Å². The highest BCUT2D eigenvalue weighted by Gasteiger charge is 2.01. The molecular formula is C10H9N3O2. The van der Waals surface area contributed by atoms with Crippen LogP contribution in [0.25, 0.3) is 5.69 Å². The molecule has 5 nitrogen and oxygen atoms in total. The van der Waals surface area contributed by atoms with Gasteiger partial charge < -0.3 is 4.74 Å². The predicted molar refractivity (Wildman–Crippen MR) is 53.3 cm³/mol. The molecule has 0 aromatic carbocycles. The quantitative estimate of drug-likeness (QED) is 0.700. The van der Waals surface area contributed by atoms with E-state index < -0.39 is 0 Å². The van der Waals surface area contributed by atoms with Crippen LogP contribution in [0.15, 0.2) is 30.7 Å². The van der Waals surface area contributed by atoms with Crippen LogP contribution in [0.3, 0.4) is 0 Å². The van der Waals surface area contributed by atoms with Crippen molar-refractivity contribution >= 4 is 6.29 Å². The summed E-state index contributed by atoms with van der Waals surface area (Å²) in [7, 11) is 1.55. The molecule has 2 heterocycles. The molecule has 0 radical (unpaired) electrons. The standard InChI is InChI=1S/C10H9N3O2/c1-15-10-4-9(2-3-11-10)13-6-8(7-14)5-12-13/h2-7H,1H3. The molecule has 15 heavy (non-hydrogen) atoms. The first-order chi connectivity index (χ1) is 7.33. The Morgan fingerprint density at radius 1 is 1.53 bits per heavy atom. The summed E-state index contributed by atoms with van der Waals surface area (Å²) in [4.78, 5) is 14.5. The fourth-order valence-corrected chi connectivity index (χ4v) is 1.19. The molecule has 0 aliphatic rings. The van der Waals surface area contributed by atoms with Crippen molar-refractivity contribution in [3.63, 3.8) is 0 Å². The van der Waals surface area contributed by atoms with Crippen molar-refractivity contribution in [2.24, 2.45) is 0 Å². The van der Waals surface area contributed by atoms with Crippen LogP contribution >= 0.6 is 0 Å². The van der Waals surface area contributed by atoms with Crippen molar-refractivity contribution in [3.05, 3.63) is 36.3 Å². The Morgan fingerprint density at radius 2 is 2.40 bits per heavy atom. The Balaban J connectivity index is 2.39. The maximum atomic E-state index is 10.5. The number of carbonyl (C=O) groups is 1. The number of aldehydes is 1. The van der Waals surface area contributed by atoms with Gasteiger partial charge in [0.15, 0.2) is 6.29 Å². The minimum atomic E-state index is 0.510. The third kappa shape index (κ3) is 1.85. The number of rotatable bonds is 3. The molecule has 0 N–H and O–H groups in total. The first-order valence-corrected chi connectivity index (χ1v) is 4.34. The fourth-order valence-electron chi connectivity index (χ4n) is 1.19. The van der Waals surface area contributed by atoms with Gasteiger partial charge in [-0.3, -0.25) is 4.79 Å². The second kappa shape index (κ2) is 3.91. The van der Waals surface area contributed by atoms with Gasteiger partial charge in [-0.05, 0) is 6.07 Å². The molecule has 2 aromatic heterocycles. The first-order valence-electron chi connectivity index (χ1n) is 4.34. The summed E-state index contributed by atoms with van der Waals surface area (Å²) in [5.74, 6) is 0.510. The molecule has 0 bridgehead atoms. The lowest BCUT2D eigenvalue weighted by Crippen LogP contribution is -1.96. The Bertz CT molecular complexity index is 479. The van der Waals surface area contributed by atoms with Gasteiger partial charge in [0, 0.05) is 18.5 Å². The van der Waals surface area contributed by atoms with Crippen LogP contribution in [-0.2, 0) is 0 Å². The van der Waals surface area contributed by atoms with Crippen molar-refractivity contribution in [1.29, 1.82) is 0 Å². The van der Waals surface area contributed by atoms with Crippen molar-refractivity contribution < 1.29 is 9.53 Å². The van der Waals surface area contributed by atoms with Crippen molar-refractivity contribution in [2.75, 3.05) is 7.11 Å². The molecule has 0 fully saturated rings. The van der Waals surface area contributed by atoms with Gasteiger partial charge in [0.2, 0.25) is 5.88 Å². The average Bonchev–Trinajstić information content (AvgIpc) is 2.78. The molecule has 76 valence electrons. The van der Waals surface area contributed by atoms with Crippen LogP contribution < -0.4 is 4.74 Å². The first kappa shape index (κ1) is 9.39. The van der Waals surface area contributed by atoms with Crippen LogP contribution in [0.1, 0.15) is 10.4 Å². The maximum Gasteiger partial charge on any atom is 0.215 e. The number of methoxy groups -OCH3 is 1. The number of nitrogens with zero attached hydrogens (tertiary/aromatic N) is 3. The molecule has 0 aliphatic heterocycles. The lowest BCUT2D eigenvalue weighted by molar-refractivity contribution is 0.112. The topological polar surface area (TPSA) is 57.0 Å². The van der Waals surface area contributed by atoms with Gasteiger partial charge in [0.25, 0.3) is 0 Å². The predicted octanol–water partition coefficient (Wildman–Crippen LogP) is 1.09. The summed E-state index contributed by atoms with van der Waals surface area (Å²) in [6.45, 7) is 0. The van der Waals surface area contributed by atoms with Gasteiger partial charge in [0.05, 0.1) is 24.6 Å². The summed E-state index contributed by atoms with van der Waals surface area (Å²) in [6.07, 6.45) is 5.51. The SMILES string of the molecule is COc1cc(-n2cc(C=O)cn2)ccn1. The van der Waals surface area contributed by atoms with E-state index in [-0.39, 0.29) is 0 Å². The summed E-state index contributed by atoms with van der Waals surface area (Å²) in [6, 6.07) is 3.52. The van der Waals surface area contributed by atoms with E-state index in [1.54, 1.807) is 36.3 Å². The molecule has 0 unspecified atom stereocenters. The molecular weight excluding hydrogens is 194 g/mol. The van der Waals surface area contributed by atoms with Gasteiger partial charge in [-0.1, -0.05) is 0 Å². The summed E-state index contributed by atoms with van der Waals surface area (Å²) in [5.41, 5.74) is 1.33. The number of hydrogen-bond donors (Lipinski definition) is 0. The van der Waals surface area contributed by atoms with E-state index in [2.05, 4.69) is 10.1 Å². The number of pyridine rings is 1. The van der Waals surface area contributed by atoms with Gasteiger partial charge in [0.1, 0.15) is 0 Å². The van der Waals surface area contributed by atoms with Crippen molar-refractivity contribution in [1.82, 2.24) is 14.8 Å². The van der Waals surface area contributed by atoms with Crippen LogP contribution in [0.5, 0.6) is 5.88 Å². The maximum absolute atomic E-state index is 10.5. The average molecular weight is 203 g/mol. The van der Waals surface area contributed by atoms with E-state index in [9.17, 15) is 4.79 Å². The zero-order valence-electron chi connectivity index (χ0n) is 8.12. The number of hydrogen-bond acceptors (Lipinski definition) is 4. The molecule has 0 saturated carbocycles. The normalized spacial score (nSPS) is 9.93. The number of ether oxygens (including phenoxy) is 1. The zero-order chi connectivity index (χ0) is 10.7. The number of carbonyl (C=O) groups excluding carboxylic acids is 1. The molecule has 2 rings (SSSR count). The van der Waals surface area contributed by atoms with Crippen molar-refractivity contribution in [2.45, 2.75) is 0 Å². The molecule has 0 saturated heterocycles. The van der Waals surface area contributed by atoms with Crippen LogP contribution in [0.4, 0.5) is 0 Å². The highest BCUT2D eigenvalue weighted by atomic mass is 16.5. The van der Waals surface area contributed by atoms with E-state index >= 15 is 0 Å². The Hall–Kier alpha value is -2.17. The highest BCUT2D eigenvalue weighted by Crippen LogP contribution is 2.12. The monoisotopic (exact) mass is 203 g/mol. The largest absolute Gasteiger partial charge is 0.481 e. The minimum absolute atomic E-state index is 0.510.